The Balaban J connectivity index is 1.99. The molecule has 0 amide bonds. The number of ether oxygens (including phenoxy) is 2. The second-order valence-electron chi connectivity index (χ2n) is 5.65. The van der Waals surface area contributed by atoms with E-state index in [0.717, 1.165) is 12.5 Å². The molecule has 17 heavy (non-hydrogen) atoms. The second kappa shape index (κ2) is 2.92. The predicted octanol–water partition coefficient (Wildman–Crippen LogP) is 1.65. The lowest BCUT2D eigenvalue weighted by molar-refractivity contribution is -0.219. The summed E-state index contributed by atoms with van der Waals surface area (Å²) in [5.74, 6) is -1.01. The van der Waals surface area contributed by atoms with Crippen LogP contribution in [0.1, 0.15) is 26.7 Å². The highest BCUT2D eigenvalue weighted by Gasteiger charge is 2.76. The summed E-state index contributed by atoms with van der Waals surface area (Å²) in [6, 6.07) is 0. The standard InChI is InChI=1S/C13H16O4/c1-4-10(14)16-13-6-8-5-9(13)12(3,7(8)2)11(15)17-13/h4,7-9H,1,5-6H2,2-3H3. The van der Waals surface area contributed by atoms with Crippen LogP contribution >= 0.6 is 0 Å². The molecule has 0 N–H and O–H groups in total. The van der Waals surface area contributed by atoms with Gasteiger partial charge in [0.2, 0.25) is 0 Å². The maximum absolute atomic E-state index is 12.1. The molecule has 0 spiro atoms. The number of esters is 2. The van der Waals surface area contributed by atoms with Gasteiger partial charge in [0, 0.05) is 12.5 Å². The van der Waals surface area contributed by atoms with Crippen LogP contribution in [0, 0.1) is 23.2 Å². The zero-order chi connectivity index (χ0) is 12.4. The number of fused-ring (bicyclic) bond motifs is 1. The fourth-order valence-electron chi connectivity index (χ4n) is 4.02. The molecule has 4 nitrogen and oxygen atoms in total. The molecule has 4 heteroatoms. The van der Waals surface area contributed by atoms with Gasteiger partial charge in [0.25, 0.3) is 5.79 Å². The minimum atomic E-state index is -1.01. The monoisotopic (exact) mass is 236 g/mol. The Morgan fingerprint density at radius 1 is 1.65 bits per heavy atom. The molecule has 3 rings (SSSR count). The molecule has 5 atom stereocenters. The lowest BCUT2D eigenvalue weighted by Crippen LogP contribution is -2.44. The number of carbonyl (C=O) groups excluding carboxylic acids is 2. The van der Waals surface area contributed by atoms with Crippen LogP contribution in [-0.2, 0) is 19.1 Å². The van der Waals surface area contributed by atoms with E-state index < -0.39 is 17.2 Å². The highest BCUT2D eigenvalue weighted by atomic mass is 16.7. The molecule has 2 bridgehead atoms. The summed E-state index contributed by atoms with van der Waals surface area (Å²) in [6.07, 6.45) is 2.67. The van der Waals surface area contributed by atoms with E-state index in [9.17, 15) is 9.59 Å². The van der Waals surface area contributed by atoms with E-state index in [1.807, 2.05) is 6.92 Å². The van der Waals surface area contributed by atoms with E-state index in [1.54, 1.807) is 0 Å². The van der Waals surface area contributed by atoms with E-state index in [2.05, 4.69) is 13.5 Å². The molecular weight excluding hydrogens is 220 g/mol. The average molecular weight is 236 g/mol. The number of hydrogen-bond acceptors (Lipinski definition) is 4. The highest BCUT2D eigenvalue weighted by molar-refractivity contribution is 5.84. The van der Waals surface area contributed by atoms with Gasteiger partial charge in [-0.1, -0.05) is 13.5 Å². The minimum Gasteiger partial charge on any atom is -0.422 e. The van der Waals surface area contributed by atoms with Crippen molar-refractivity contribution in [1.82, 2.24) is 0 Å². The first-order chi connectivity index (χ1) is 7.94. The van der Waals surface area contributed by atoms with Gasteiger partial charge in [-0.2, -0.15) is 0 Å². The van der Waals surface area contributed by atoms with Crippen molar-refractivity contribution >= 4 is 11.9 Å². The maximum atomic E-state index is 12.1. The van der Waals surface area contributed by atoms with E-state index >= 15 is 0 Å². The van der Waals surface area contributed by atoms with Crippen molar-refractivity contribution in [2.45, 2.75) is 32.5 Å². The zero-order valence-corrected chi connectivity index (χ0v) is 10.1. The van der Waals surface area contributed by atoms with Crippen LogP contribution < -0.4 is 0 Å². The summed E-state index contributed by atoms with van der Waals surface area (Å²) in [5, 5.41) is 0. The number of rotatable bonds is 2. The van der Waals surface area contributed by atoms with Gasteiger partial charge in [0.05, 0.1) is 11.3 Å². The average Bonchev–Trinajstić information content (AvgIpc) is 2.80. The zero-order valence-electron chi connectivity index (χ0n) is 10.1. The molecule has 92 valence electrons. The number of hydrogen-bond donors (Lipinski definition) is 0. The molecule has 0 radical (unpaired) electrons. The van der Waals surface area contributed by atoms with Crippen molar-refractivity contribution in [3.05, 3.63) is 12.7 Å². The van der Waals surface area contributed by atoms with E-state index in [0.29, 0.717) is 18.3 Å². The Labute approximate surface area is 100.0 Å². The van der Waals surface area contributed by atoms with Crippen LogP contribution in [0.4, 0.5) is 0 Å². The van der Waals surface area contributed by atoms with Crippen molar-refractivity contribution in [3.8, 4) is 0 Å². The fraction of sp³-hybridized carbons (Fsp3) is 0.692. The van der Waals surface area contributed by atoms with Crippen LogP contribution in [0.5, 0.6) is 0 Å². The van der Waals surface area contributed by atoms with Gasteiger partial charge in [-0.25, -0.2) is 4.79 Å². The Morgan fingerprint density at radius 3 is 2.94 bits per heavy atom. The first-order valence-corrected chi connectivity index (χ1v) is 6.03. The van der Waals surface area contributed by atoms with Gasteiger partial charge in [0.15, 0.2) is 0 Å². The fourth-order valence-corrected chi connectivity index (χ4v) is 4.02. The van der Waals surface area contributed by atoms with Gasteiger partial charge < -0.3 is 9.47 Å². The lowest BCUT2D eigenvalue weighted by Gasteiger charge is -2.35. The first-order valence-electron chi connectivity index (χ1n) is 6.03. The molecule has 0 aromatic rings. The highest BCUT2D eigenvalue weighted by Crippen LogP contribution is 2.69. The summed E-state index contributed by atoms with van der Waals surface area (Å²) in [7, 11) is 0. The summed E-state index contributed by atoms with van der Waals surface area (Å²) < 4.78 is 10.8. The van der Waals surface area contributed by atoms with Crippen molar-refractivity contribution in [2.75, 3.05) is 0 Å². The third kappa shape index (κ3) is 1.04. The van der Waals surface area contributed by atoms with Gasteiger partial charge >= 0.3 is 11.9 Å². The topological polar surface area (TPSA) is 52.6 Å². The largest absolute Gasteiger partial charge is 0.422 e. The third-order valence-corrected chi connectivity index (χ3v) is 5.14. The second-order valence-corrected chi connectivity index (χ2v) is 5.65. The summed E-state index contributed by atoms with van der Waals surface area (Å²) in [5.41, 5.74) is -0.482. The van der Waals surface area contributed by atoms with E-state index in [4.69, 9.17) is 9.47 Å². The van der Waals surface area contributed by atoms with E-state index in [-0.39, 0.29) is 11.9 Å². The van der Waals surface area contributed by atoms with Gasteiger partial charge in [-0.3, -0.25) is 4.79 Å². The van der Waals surface area contributed by atoms with Crippen molar-refractivity contribution in [2.24, 2.45) is 23.2 Å². The van der Waals surface area contributed by atoms with Gasteiger partial charge in [-0.05, 0) is 25.2 Å². The molecule has 2 saturated carbocycles. The van der Waals surface area contributed by atoms with Crippen LogP contribution in [0.3, 0.4) is 0 Å². The van der Waals surface area contributed by atoms with Crippen LogP contribution in [0.2, 0.25) is 0 Å². The Bertz CT molecular complexity index is 429. The molecule has 0 aromatic heterocycles. The normalized spacial score (nSPS) is 50.2. The number of carbonyl (C=O) groups is 2. The third-order valence-electron chi connectivity index (χ3n) is 5.14. The molecule has 1 saturated heterocycles. The Kier molecular flexibility index (Phi) is 1.86. The Morgan fingerprint density at radius 2 is 2.35 bits per heavy atom. The van der Waals surface area contributed by atoms with Gasteiger partial charge in [-0.15, -0.1) is 0 Å². The quantitative estimate of drug-likeness (QED) is 0.540. The van der Waals surface area contributed by atoms with Crippen LogP contribution in [0.15, 0.2) is 12.7 Å². The van der Waals surface area contributed by atoms with E-state index in [1.165, 1.54) is 0 Å². The van der Waals surface area contributed by atoms with Crippen molar-refractivity contribution < 1.29 is 19.1 Å². The van der Waals surface area contributed by atoms with Crippen molar-refractivity contribution in [3.63, 3.8) is 0 Å². The molecule has 2 aliphatic carbocycles. The van der Waals surface area contributed by atoms with Crippen LogP contribution in [-0.4, -0.2) is 17.7 Å². The lowest BCUT2D eigenvalue weighted by atomic mass is 9.68. The maximum Gasteiger partial charge on any atom is 0.333 e. The molecule has 3 aliphatic rings. The molecular formula is C13H16O4. The minimum absolute atomic E-state index is 0.00593. The molecule has 1 heterocycles. The summed E-state index contributed by atoms with van der Waals surface area (Å²) in [6.45, 7) is 7.41. The van der Waals surface area contributed by atoms with Crippen molar-refractivity contribution in [1.29, 1.82) is 0 Å². The predicted molar refractivity (Wildman–Crippen MR) is 58.6 cm³/mol. The summed E-state index contributed by atoms with van der Waals surface area (Å²) in [4.78, 5) is 23.4. The molecule has 3 fully saturated rings. The first kappa shape index (κ1) is 10.8. The SMILES string of the molecule is C=CC(=O)OC12CC3CC1C(C)(C(=O)O2)C3C. The van der Waals surface area contributed by atoms with Gasteiger partial charge in [0.1, 0.15) is 0 Å². The Hall–Kier alpha value is -1.32. The van der Waals surface area contributed by atoms with Crippen LogP contribution in [0.25, 0.3) is 0 Å². The molecule has 1 aliphatic heterocycles. The smallest absolute Gasteiger partial charge is 0.333 e. The molecule has 0 aromatic carbocycles. The summed E-state index contributed by atoms with van der Waals surface area (Å²) >= 11 is 0. The molecule has 5 unspecified atom stereocenters.